The second-order valence-electron chi connectivity index (χ2n) is 11.2. The van der Waals surface area contributed by atoms with E-state index in [0.717, 1.165) is 0 Å². The summed E-state index contributed by atoms with van der Waals surface area (Å²) in [5.41, 5.74) is 1.68. The number of allylic oxidation sites excluding steroid dienone is 1. The quantitative estimate of drug-likeness (QED) is 0.205. The lowest BCUT2D eigenvalue weighted by Gasteiger charge is -2.50. The highest BCUT2D eigenvalue weighted by Crippen LogP contribution is 2.52. The van der Waals surface area contributed by atoms with Crippen LogP contribution in [-0.4, -0.2) is 89.2 Å². The molecule has 0 bridgehead atoms. The number of phenols is 1. The summed E-state index contributed by atoms with van der Waals surface area (Å²) in [5, 5.41) is 55.5. The molecule has 42 heavy (non-hydrogen) atoms. The molecule has 1 aromatic heterocycles. The highest BCUT2D eigenvalue weighted by atomic mass is 16.3. The summed E-state index contributed by atoms with van der Waals surface area (Å²) in [6.45, 7) is 3.49. The predicted molar refractivity (Wildman–Crippen MR) is 146 cm³/mol. The van der Waals surface area contributed by atoms with E-state index in [2.05, 4.69) is 15.5 Å². The van der Waals surface area contributed by atoms with Gasteiger partial charge in [-0.25, -0.2) is 0 Å². The number of nitrogens with one attached hydrogen (secondary N) is 1. The van der Waals surface area contributed by atoms with E-state index < -0.39 is 75.7 Å². The number of fused-ring (bicyclic) bond motifs is 3. The maximum atomic E-state index is 13.9. The van der Waals surface area contributed by atoms with Crippen LogP contribution in [0.1, 0.15) is 47.6 Å². The number of amides is 2. The van der Waals surface area contributed by atoms with Gasteiger partial charge in [0.25, 0.3) is 5.91 Å². The molecule has 14 nitrogen and oxygen atoms in total. The van der Waals surface area contributed by atoms with E-state index in [1.165, 1.54) is 17.3 Å². The Morgan fingerprint density at radius 1 is 1.24 bits per heavy atom. The molecule has 3 unspecified atom stereocenters. The van der Waals surface area contributed by atoms with E-state index in [-0.39, 0.29) is 29.7 Å². The van der Waals surface area contributed by atoms with Crippen molar-refractivity contribution in [3.8, 4) is 5.75 Å². The first-order valence-corrected chi connectivity index (χ1v) is 13.4. The van der Waals surface area contributed by atoms with Crippen LogP contribution in [0, 0.1) is 18.8 Å². The molecule has 3 aliphatic rings. The van der Waals surface area contributed by atoms with E-state index in [9.17, 15) is 39.6 Å². The number of aromatic nitrogens is 3. The lowest BCUT2D eigenvalue weighted by atomic mass is 9.58. The van der Waals surface area contributed by atoms with Crippen molar-refractivity contribution >= 4 is 29.1 Å². The summed E-state index contributed by atoms with van der Waals surface area (Å²) in [6.07, 6.45) is 1.94. The number of nitrogens with zero attached hydrogens (tertiary/aromatic N) is 4. The number of carbonyl (C=O) groups excluding carboxylic acids is 4. The van der Waals surface area contributed by atoms with Crippen LogP contribution in [0.15, 0.2) is 41.1 Å². The van der Waals surface area contributed by atoms with Gasteiger partial charge >= 0.3 is 0 Å². The van der Waals surface area contributed by atoms with Crippen LogP contribution in [0.5, 0.6) is 5.75 Å². The van der Waals surface area contributed by atoms with Crippen LogP contribution in [0.3, 0.4) is 0 Å². The van der Waals surface area contributed by atoms with Gasteiger partial charge < -0.3 is 36.0 Å². The zero-order valence-corrected chi connectivity index (χ0v) is 23.5. The van der Waals surface area contributed by atoms with E-state index in [1.54, 1.807) is 38.6 Å². The van der Waals surface area contributed by atoms with E-state index in [1.807, 2.05) is 0 Å². The molecule has 1 aromatic carbocycles. The monoisotopic (exact) mass is 580 g/mol. The summed E-state index contributed by atoms with van der Waals surface area (Å²) >= 11 is 0. The number of phenolic OH excluding ortho intramolecular Hbond substituents is 1. The topological polar surface area (TPSA) is 221 Å². The summed E-state index contributed by atoms with van der Waals surface area (Å²) in [5.74, 6) is -7.32. The fourth-order valence-corrected chi connectivity index (χ4v) is 6.66. The Morgan fingerprint density at radius 3 is 2.50 bits per heavy atom. The van der Waals surface area contributed by atoms with Gasteiger partial charge in [0.2, 0.25) is 11.7 Å². The van der Waals surface area contributed by atoms with Crippen molar-refractivity contribution in [3.05, 3.63) is 58.1 Å². The number of Topliss-reactive ketones (excluding diaryl/α,β-unsaturated/α-hetero) is 2. The summed E-state index contributed by atoms with van der Waals surface area (Å²) in [6, 6.07) is 1.29. The van der Waals surface area contributed by atoms with Crippen molar-refractivity contribution in [2.24, 2.45) is 17.6 Å². The van der Waals surface area contributed by atoms with Crippen molar-refractivity contribution in [2.75, 3.05) is 19.4 Å². The molecule has 2 aromatic rings. The first-order chi connectivity index (χ1) is 19.7. The molecule has 5 rings (SSSR count). The summed E-state index contributed by atoms with van der Waals surface area (Å²) in [7, 11) is 3.13. The van der Waals surface area contributed by atoms with Gasteiger partial charge in [-0.3, -0.25) is 24.1 Å². The minimum Gasteiger partial charge on any atom is -0.510 e. The number of anilines is 1. The Labute approximate surface area is 240 Å². The molecule has 0 spiro atoms. The van der Waals surface area contributed by atoms with E-state index in [0.29, 0.717) is 17.8 Å². The number of aromatic hydroxyl groups is 1. The van der Waals surface area contributed by atoms with Crippen molar-refractivity contribution < 1.29 is 39.6 Å². The minimum atomic E-state index is -2.73. The molecule has 5 atom stereocenters. The van der Waals surface area contributed by atoms with Gasteiger partial charge in [0.15, 0.2) is 17.1 Å². The average Bonchev–Trinajstić information content (AvgIpc) is 3.33. The molecule has 2 amide bonds. The zero-order valence-electron chi connectivity index (χ0n) is 23.5. The molecule has 222 valence electrons. The molecule has 0 fully saturated rings. The maximum absolute atomic E-state index is 13.9. The SMILES string of the molecule is CCC(C(=O)Nc1ccc2c(c1O)C(=O)C1=C(O)[C@]3(O)C(=O)C(C(N)=O)=C(O)[C@@H](N(C)C)C3CC1C2)n1cnnc1C. The molecule has 1 heterocycles. The second-order valence-corrected chi connectivity index (χ2v) is 11.2. The number of primary amides is 1. The Morgan fingerprint density at radius 2 is 1.93 bits per heavy atom. The van der Waals surface area contributed by atoms with Crippen molar-refractivity contribution in [2.45, 2.75) is 50.8 Å². The van der Waals surface area contributed by atoms with Crippen LogP contribution < -0.4 is 11.1 Å². The minimum absolute atomic E-state index is 0.0124. The third-order valence-corrected chi connectivity index (χ3v) is 8.63. The number of benzene rings is 1. The Balaban J connectivity index is 1.57. The van der Waals surface area contributed by atoms with Gasteiger partial charge in [-0.2, -0.15) is 0 Å². The molecule has 0 radical (unpaired) electrons. The molecule has 0 saturated heterocycles. The van der Waals surface area contributed by atoms with Gasteiger partial charge in [0.05, 0.1) is 17.3 Å². The molecular weight excluding hydrogens is 548 g/mol. The zero-order chi connectivity index (χ0) is 30.8. The Kier molecular flexibility index (Phi) is 6.94. The number of likely N-dealkylation sites (N-methyl/N-ethyl adjacent to an activating group) is 1. The third-order valence-electron chi connectivity index (χ3n) is 8.63. The number of ketones is 2. The van der Waals surface area contributed by atoms with Gasteiger partial charge in [-0.15, -0.1) is 10.2 Å². The second kappa shape index (κ2) is 10.1. The third kappa shape index (κ3) is 4.01. The molecule has 0 saturated carbocycles. The lowest BCUT2D eigenvalue weighted by molar-refractivity contribution is -0.148. The molecule has 3 aliphatic carbocycles. The number of rotatable bonds is 6. The van der Waals surface area contributed by atoms with Gasteiger partial charge in [0.1, 0.15) is 35.3 Å². The van der Waals surface area contributed by atoms with Crippen LogP contribution in [-0.2, 0) is 20.8 Å². The average molecular weight is 581 g/mol. The Hall–Kier alpha value is -4.56. The number of aliphatic hydroxyl groups is 3. The fourth-order valence-electron chi connectivity index (χ4n) is 6.66. The fraction of sp³-hybridized carbons (Fsp3) is 0.429. The van der Waals surface area contributed by atoms with Crippen LogP contribution >= 0.6 is 0 Å². The maximum Gasteiger partial charge on any atom is 0.255 e. The number of hydrogen-bond donors (Lipinski definition) is 6. The van der Waals surface area contributed by atoms with Crippen molar-refractivity contribution in [1.29, 1.82) is 0 Å². The lowest BCUT2D eigenvalue weighted by Crippen LogP contribution is -2.63. The first kappa shape index (κ1) is 29.0. The largest absolute Gasteiger partial charge is 0.510 e. The number of aliphatic hydroxyl groups excluding tert-OH is 2. The van der Waals surface area contributed by atoms with E-state index in [4.69, 9.17) is 5.73 Å². The van der Waals surface area contributed by atoms with Crippen LogP contribution in [0.4, 0.5) is 5.69 Å². The van der Waals surface area contributed by atoms with Crippen molar-refractivity contribution in [3.63, 3.8) is 0 Å². The normalized spacial score (nSPS) is 26.1. The summed E-state index contributed by atoms with van der Waals surface area (Å²) < 4.78 is 1.58. The number of hydrogen-bond acceptors (Lipinski definition) is 11. The van der Waals surface area contributed by atoms with Crippen molar-refractivity contribution in [1.82, 2.24) is 19.7 Å². The Bertz CT molecular complexity index is 1610. The highest BCUT2D eigenvalue weighted by Gasteiger charge is 2.63. The molecule has 14 heteroatoms. The number of nitrogens with two attached hydrogens (primary N) is 1. The predicted octanol–water partition coefficient (Wildman–Crippen LogP) is 0.610. The molecular formula is C28H32N6O8. The van der Waals surface area contributed by atoms with Crippen LogP contribution in [0.25, 0.3) is 0 Å². The van der Waals surface area contributed by atoms with Crippen LogP contribution in [0.2, 0.25) is 0 Å². The highest BCUT2D eigenvalue weighted by molar-refractivity contribution is 6.25. The number of aryl methyl sites for hydroxylation is 1. The first-order valence-electron chi connectivity index (χ1n) is 13.4. The van der Waals surface area contributed by atoms with Gasteiger partial charge in [-0.05, 0) is 57.8 Å². The molecule has 7 N–H and O–H groups in total. The summed E-state index contributed by atoms with van der Waals surface area (Å²) in [4.78, 5) is 54.0. The van der Waals surface area contributed by atoms with Gasteiger partial charge in [-0.1, -0.05) is 13.0 Å². The number of carbonyl (C=O) groups is 4. The standard InChI is InChI=1S/C28H32N6O8/c1-5-16(34-10-30-32-11(34)2)27(41)31-15-7-6-12-8-13-9-14-20(33(3)4)23(37)19(26(29)40)25(39)28(14,42)24(38)18(13)22(36)17(12)21(15)35/h6-7,10,13-14,16,20,35,37-38,42H,5,8-9H2,1-4H3,(H2,29,40)(H,31,41)/t13?,14?,16?,20-,28-/m0/s1. The molecule has 0 aliphatic heterocycles. The van der Waals surface area contributed by atoms with E-state index >= 15 is 0 Å². The van der Waals surface area contributed by atoms with Gasteiger partial charge in [0, 0.05) is 11.5 Å². The smallest absolute Gasteiger partial charge is 0.255 e.